The Morgan fingerprint density at radius 3 is 2.50 bits per heavy atom. The highest BCUT2D eigenvalue weighted by molar-refractivity contribution is 6.33. The number of carbonyl (C=O) groups is 3. The molecule has 2 heterocycles. The summed E-state index contributed by atoms with van der Waals surface area (Å²) in [6.45, 7) is -0.0249. The Balaban J connectivity index is 1.58. The van der Waals surface area contributed by atoms with E-state index < -0.39 is 17.7 Å². The number of nitrogens with zero attached hydrogens (tertiary/aromatic N) is 2. The quantitative estimate of drug-likeness (QED) is 0.638. The van der Waals surface area contributed by atoms with Crippen LogP contribution in [0.5, 0.6) is 0 Å². The fraction of sp³-hybridized carbons (Fsp3) is 0.0435. The number of amides is 3. The summed E-state index contributed by atoms with van der Waals surface area (Å²) in [7, 11) is 0. The lowest BCUT2D eigenvalue weighted by molar-refractivity contribution is -0.137. The van der Waals surface area contributed by atoms with Crippen molar-refractivity contribution in [2.45, 2.75) is 6.54 Å². The summed E-state index contributed by atoms with van der Waals surface area (Å²) in [6.07, 6.45) is 2.85. The second kappa shape index (κ2) is 8.31. The Kier molecular flexibility index (Phi) is 5.41. The van der Waals surface area contributed by atoms with Crippen molar-refractivity contribution in [2.24, 2.45) is 0 Å². The Morgan fingerprint density at radius 2 is 1.77 bits per heavy atom. The molecule has 0 saturated carbocycles. The maximum atomic E-state index is 12.9. The van der Waals surface area contributed by atoms with Crippen molar-refractivity contribution in [3.63, 3.8) is 0 Å². The molecule has 148 valence electrons. The Bertz CT molecular complexity index is 1160. The molecular formula is C23H16ClN3O3. The molecule has 0 unspecified atom stereocenters. The fourth-order valence-electron chi connectivity index (χ4n) is 3.15. The van der Waals surface area contributed by atoms with E-state index in [4.69, 9.17) is 11.6 Å². The number of pyridine rings is 1. The van der Waals surface area contributed by atoms with Gasteiger partial charge in [0.05, 0.1) is 12.1 Å². The van der Waals surface area contributed by atoms with Crippen LogP contribution in [0.15, 0.2) is 79.0 Å². The zero-order chi connectivity index (χ0) is 21.1. The van der Waals surface area contributed by atoms with Gasteiger partial charge in [0, 0.05) is 23.0 Å². The standard InChI is InChI=1S/C23H16ClN3O3/c24-17-9-10-19(26-22(29)20-8-4-5-11-25-20)16(12-17)14-27-21(28)13-18(23(27)30)15-6-2-1-3-7-15/h1-13H,14H2,(H,26,29). The van der Waals surface area contributed by atoms with Crippen LogP contribution < -0.4 is 5.32 Å². The molecule has 4 rings (SSSR count). The fourth-order valence-corrected chi connectivity index (χ4v) is 3.35. The SMILES string of the molecule is O=C(Nc1ccc(Cl)cc1CN1C(=O)C=C(c2ccccc2)C1=O)c1ccccn1. The Labute approximate surface area is 177 Å². The maximum Gasteiger partial charge on any atom is 0.274 e. The smallest absolute Gasteiger partial charge is 0.274 e. The van der Waals surface area contributed by atoms with E-state index in [1.165, 1.54) is 12.3 Å². The summed E-state index contributed by atoms with van der Waals surface area (Å²) in [6, 6.07) is 18.9. The monoisotopic (exact) mass is 417 g/mol. The van der Waals surface area contributed by atoms with Crippen LogP contribution in [0.25, 0.3) is 5.57 Å². The molecule has 6 nitrogen and oxygen atoms in total. The second-order valence-electron chi connectivity index (χ2n) is 6.62. The molecule has 3 aromatic rings. The van der Waals surface area contributed by atoms with E-state index in [0.29, 0.717) is 27.4 Å². The maximum absolute atomic E-state index is 12.9. The van der Waals surface area contributed by atoms with Crippen LogP contribution in [0.2, 0.25) is 5.02 Å². The van der Waals surface area contributed by atoms with Gasteiger partial charge in [-0.25, -0.2) is 0 Å². The number of rotatable bonds is 5. The number of hydrogen-bond acceptors (Lipinski definition) is 4. The molecule has 1 aliphatic rings. The summed E-state index contributed by atoms with van der Waals surface area (Å²) in [5, 5.41) is 3.20. The van der Waals surface area contributed by atoms with Gasteiger partial charge in [-0.15, -0.1) is 0 Å². The highest BCUT2D eigenvalue weighted by Crippen LogP contribution is 2.28. The number of anilines is 1. The summed E-state index contributed by atoms with van der Waals surface area (Å²) in [5.41, 5.74) is 2.24. The minimum atomic E-state index is -0.416. The zero-order valence-electron chi connectivity index (χ0n) is 15.7. The second-order valence-corrected chi connectivity index (χ2v) is 7.06. The molecule has 0 bridgehead atoms. The summed E-state index contributed by atoms with van der Waals surface area (Å²) >= 11 is 6.13. The molecule has 7 heteroatoms. The number of carbonyl (C=O) groups excluding carboxylic acids is 3. The van der Waals surface area contributed by atoms with Crippen LogP contribution in [0.1, 0.15) is 21.6 Å². The molecule has 0 aliphatic carbocycles. The molecule has 0 atom stereocenters. The number of imide groups is 1. The Morgan fingerprint density at radius 1 is 1.00 bits per heavy atom. The van der Waals surface area contributed by atoms with Crippen LogP contribution in [-0.2, 0) is 16.1 Å². The predicted molar refractivity (Wildman–Crippen MR) is 114 cm³/mol. The van der Waals surface area contributed by atoms with Crippen LogP contribution in [0.4, 0.5) is 5.69 Å². The normalized spacial score (nSPS) is 13.4. The third-order valence-corrected chi connectivity index (χ3v) is 4.87. The molecule has 30 heavy (non-hydrogen) atoms. The van der Waals surface area contributed by atoms with Gasteiger partial charge in [-0.05, 0) is 41.5 Å². The van der Waals surface area contributed by atoms with Gasteiger partial charge in [0.25, 0.3) is 17.7 Å². The van der Waals surface area contributed by atoms with Crippen LogP contribution in [0.3, 0.4) is 0 Å². The van der Waals surface area contributed by atoms with E-state index in [-0.39, 0.29) is 12.2 Å². The van der Waals surface area contributed by atoms with Crippen molar-refractivity contribution in [1.29, 1.82) is 0 Å². The van der Waals surface area contributed by atoms with Gasteiger partial charge in [0.15, 0.2) is 0 Å². The first-order chi connectivity index (χ1) is 14.5. The number of halogens is 1. The summed E-state index contributed by atoms with van der Waals surface area (Å²) in [5.74, 6) is -1.21. The Hall–Kier alpha value is -3.77. The van der Waals surface area contributed by atoms with E-state index in [0.717, 1.165) is 4.90 Å². The molecule has 0 radical (unpaired) electrons. The van der Waals surface area contributed by atoms with Gasteiger partial charge in [0.2, 0.25) is 0 Å². The summed E-state index contributed by atoms with van der Waals surface area (Å²) < 4.78 is 0. The topological polar surface area (TPSA) is 79.4 Å². The number of aromatic nitrogens is 1. The third-order valence-electron chi connectivity index (χ3n) is 4.64. The number of nitrogens with one attached hydrogen (secondary N) is 1. The lowest BCUT2D eigenvalue weighted by atomic mass is 10.1. The van der Waals surface area contributed by atoms with Crippen LogP contribution in [-0.4, -0.2) is 27.6 Å². The lowest BCUT2D eigenvalue weighted by Gasteiger charge is -2.18. The predicted octanol–water partition coefficient (Wildman–Crippen LogP) is 3.94. The van der Waals surface area contributed by atoms with Crippen molar-refractivity contribution in [2.75, 3.05) is 5.32 Å². The van der Waals surface area contributed by atoms with Crippen LogP contribution in [0, 0.1) is 0 Å². The number of benzene rings is 2. The van der Waals surface area contributed by atoms with Gasteiger partial charge in [-0.1, -0.05) is 48.0 Å². The number of hydrogen-bond donors (Lipinski definition) is 1. The van der Waals surface area contributed by atoms with E-state index in [2.05, 4.69) is 10.3 Å². The lowest BCUT2D eigenvalue weighted by Crippen LogP contribution is -2.30. The molecule has 1 aliphatic heterocycles. The largest absolute Gasteiger partial charge is 0.320 e. The molecule has 0 saturated heterocycles. The molecule has 1 aromatic heterocycles. The molecule has 3 amide bonds. The van der Waals surface area contributed by atoms with Gasteiger partial charge in [0.1, 0.15) is 5.69 Å². The van der Waals surface area contributed by atoms with Crippen LogP contribution >= 0.6 is 11.6 Å². The zero-order valence-corrected chi connectivity index (χ0v) is 16.5. The molecule has 0 fully saturated rings. The van der Waals surface area contributed by atoms with Gasteiger partial charge >= 0.3 is 0 Å². The van der Waals surface area contributed by atoms with Crippen molar-refractivity contribution in [3.05, 3.63) is 101 Å². The van der Waals surface area contributed by atoms with Gasteiger partial charge in [-0.3, -0.25) is 24.3 Å². The van der Waals surface area contributed by atoms with Crippen molar-refractivity contribution < 1.29 is 14.4 Å². The minimum absolute atomic E-state index is 0.0249. The molecular weight excluding hydrogens is 402 g/mol. The summed E-state index contributed by atoms with van der Waals surface area (Å²) in [4.78, 5) is 43.0. The first-order valence-corrected chi connectivity index (χ1v) is 9.54. The van der Waals surface area contributed by atoms with Gasteiger partial charge in [-0.2, -0.15) is 0 Å². The van der Waals surface area contributed by atoms with E-state index in [1.807, 2.05) is 6.07 Å². The average molecular weight is 418 g/mol. The van der Waals surface area contributed by atoms with Crippen molar-refractivity contribution in [1.82, 2.24) is 9.88 Å². The first kappa shape index (κ1) is 19.5. The van der Waals surface area contributed by atoms with E-state index >= 15 is 0 Å². The highest BCUT2D eigenvalue weighted by atomic mass is 35.5. The van der Waals surface area contributed by atoms with Gasteiger partial charge < -0.3 is 5.32 Å². The van der Waals surface area contributed by atoms with E-state index in [9.17, 15) is 14.4 Å². The average Bonchev–Trinajstić information content (AvgIpc) is 3.05. The third kappa shape index (κ3) is 3.99. The van der Waals surface area contributed by atoms with Crippen molar-refractivity contribution >= 4 is 40.6 Å². The minimum Gasteiger partial charge on any atom is -0.320 e. The first-order valence-electron chi connectivity index (χ1n) is 9.16. The molecule has 0 spiro atoms. The molecule has 2 aromatic carbocycles. The highest BCUT2D eigenvalue weighted by Gasteiger charge is 2.32. The molecule has 1 N–H and O–H groups in total. The van der Waals surface area contributed by atoms with Crippen molar-refractivity contribution in [3.8, 4) is 0 Å². The van der Waals surface area contributed by atoms with E-state index in [1.54, 1.807) is 60.7 Å².